The first-order valence-electron chi connectivity index (χ1n) is 10.9. The second-order valence-corrected chi connectivity index (χ2v) is 8.74. The molecule has 0 aliphatic rings. The molecule has 0 saturated heterocycles. The summed E-state index contributed by atoms with van der Waals surface area (Å²) in [5.41, 5.74) is 3.73. The smallest absolute Gasteiger partial charge is 0.410 e. The highest BCUT2D eigenvalue weighted by atomic mass is 16.6. The van der Waals surface area contributed by atoms with Gasteiger partial charge in [-0.3, -0.25) is 14.7 Å². The van der Waals surface area contributed by atoms with Gasteiger partial charge in [-0.2, -0.15) is 5.10 Å². The molecule has 0 aliphatic carbocycles. The van der Waals surface area contributed by atoms with Crippen LogP contribution in [-0.2, 0) is 24.9 Å². The highest BCUT2D eigenvalue weighted by Gasteiger charge is 2.22. The number of guanidine groups is 1. The van der Waals surface area contributed by atoms with Crippen molar-refractivity contribution < 1.29 is 9.53 Å². The number of nitrogens with zero attached hydrogens (tertiary/aromatic N) is 5. The number of rotatable bonds is 8. The predicted molar refractivity (Wildman–Crippen MR) is 126 cm³/mol. The van der Waals surface area contributed by atoms with Crippen LogP contribution in [0.2, 0.25) is 0 Å². The molecule has 2 rings (SSSR count). The number of aryl methyl sites for hydroxylation is 2. The van der Waals surface area contributed by atoms with E-state index < -0.39 is 5.60 Å². The lowest BCUT2D eigenvalue weighted by Crippen LogP contribution is -2.40. The summed E-state index contributed by atoms with van der Waals surface area (Å²) < 4.78 is 7.47. The fourth-order valence-electron chi connectivity index (χ4n) is 3.22. The van der Waals surface area contributed by atoms with Crippen molar-refractivity contribution in [1.82, 2.24) is 30.3 Å². The molecule has 0 fully saturated rings. The van der Waals surface area contributed by atoms with Crippen molar-refractivity contribution in [3.63, 3.8) is 0 Å². The molecule has 32 heavy (non-hydrogen) atoms. The van der Waals surface area contributed by atoms with Crippen LogP contribution in [0.1, 0.15) is 49.7 Å². The van der Waals surface area contributed by atoms with Crippen molar-refractivity contribution in [2.45, 2.75) is 59.7 Å². The van der Waals surface area contributed by atoms with Crippen LogP contribution < -0.4 is 10.6 Å². The molecule has 1 amide bonds. The molecule has 2 N–H and O–H groups in total. The average molecular weight is 444 g/mol. The van der Waals surface area contributed by atoms with E-state index in [-0.39, 0.29) is 6.09 Å². The van der Waals surface area contributed by atoms with Crippen molar-refractivity contribution in [3.8, 4) is 0 Å². The summed E-state index contributed by atoms with van der Waals surface area (Å²) in [6.45, 7) is 12.0. The molecular weight excluding hydrogens is 406 g/mol. The number of ether oxygens (including phenoxy) is 1. The van der Waals surface area contributed by atoms with Crippen LogP contribution in [0, 0.1) is 13.8 Å². The molecular formula is C23H37N7O2. The predicted octanol–water partition coefficient (Wildman–Crippen LogP) is 2.92. The van der Waals surface area contributed by atoms with Gasteiger partial charge in [0, 0.05) is 57.4 Å². The van der Waals surface area contributed by atoms with E-state index in [9.17, 15) is 4.79 Å². The fourth-order valence-corrected chi connectivity index (χ4v) is 3.22. The molecule has 176 valence electrons. The van der Waals surface area contributed by atoms with Gasteiger partial charge in [0.1, 0.15) is 5.60 Å². The Bertz CT molecular complexity index is 901. The van der Waals surface area contributed by atoms with Gasteiger partial charge in [0.2, 0.25) is 0 Å². The van der Waals surface area contributed by atoms with Crippen molar-refractivity contribution in [3.05, 3.63) is 47.0 Å². The maximum Gasteiger partial charge on any atom is 0.410 e. The first-order chi connectivity index (χ1) is 15.1. The van der Waals surface area contributed by atoms with Gasteiger partial charge in [-0.25, -0.2) is 4.79 Å². The quantitative estimate of drug-likeness (QED) is 0.370. The Balaban J connectivity index is 1.87. The Labute approximate surface area is 191 Å². The van der Waals surface area contributed by atoms with Crippen LogP contribution >= 0.6 is 0 Å². The number of amides is 1. The maximum atomic E-state index is 12.7. The summed E-state index contributed by atoms with van der Waals surface area (Å²) in [6.07, 6.45) is 3.90. The summed E-state index contributed by atoms with van der Waals surface area (Å²) >= 11 is 0. The number of nitrogens with one attached hydrogen (secondary N) is 2. The first kappa shape index (κ1) is 25.2. The van der Waals surface area contributed by atoms with Crippen molar-refractivity contribution >= 4 is 12.1 Å². The van der Waals surface area contributed by atoms with E-state index in [0.29, 0.717) is 32.1 Å². The molecule has 0 aromatic carbocycles. The lowest BCUT2D eigenvalue weighted by molar-refractivity contribution is 0.0232. The van der Waals surface area contributed by atoms with Crippen LogP contribution in [-0.4, -0.2) is 57.5 Å². The van der Waals surface area contributed by atoms with Crippen LogP contribution in [0.3, 0.4) is 0 Å². The minimum Gasteiger partial charge on any atom is -0.444 e. The van der Waals surface area contributed by atoms with E-state index in [2.05, 4.69) is 32.6 Å². The number of aliphatic imine (C=N–C) groups is 1. The van der Waals surface area contributed by atoms with E-state index in [1.54, 1.807) is 24.3 Å². The van der Waals surface area contributed by atoms with Crippen LogP contribution in [0.25, 0.3) is 0 Å². The van der Waals surface area contributed by atoms with E-state index in [1.165, 1.54) is 5.56 Å². The minimum atomic E-state index is -0.545. The largest absolute Gasteiger partial charge is 0.444 e. The molecule has 0 spiro atoms. The molecule has 9 heteroatoms. The molecule has 2 heterocycles. The van der Waals surface area contributed by atoms with Crippen LogP contribution in [0.15, 0.2) is 29.5 Å². The molecule has 0 unspecified atom stereocenters. The van der Waals surface area contributed by atoms with Gasteiger partial charge in [-0.15, -0.1) is 0 Å². The summed E-state index contributed by atoms with van der Waals surface area (Å²) in [5, 5.41) is 11.1. The normalized spacial score (nSPS) is 11.9. The summed E-state index contributed by atoms with van der Waals surface area (Å²) in [5.74, 6) is 0.712. The van der Waals surface area contributed by atoms with Crippen LogP contribution in [0.4, 0.5) is 4.79 Å². The third-order valence-electron chi connectivity index (χ3n) is 4.96. The third kappa shape index (κ3) is 7.86. The van der Waals surface area contributed by atoms with E-state index >= 15 is 0 Å². The summed E-state index contributed by atoms with van der Waals surface area (Å²) in [7, 11) is 3.69. The van der Waals surface area contributed by atoms with Gasteiger partial charge >= 0.3 is 6.09 Å². The van der Waals surface area contributed by atoms with Gasteiger partial charge in [-0.1, -0.05) is 6.07 Å². The molecule has 0 saturated carbocycles. The average Bonchev–Trinajstić information content (AvgIpc) is 2.97. The first-order valence-corrected chi connectivity index (χ1v) is 10.9. The lowest BCUT2D eigenvalue weighted by Gasteiger charge is -2.27. The van der Waals surface area contributed by atoms with Gasteiger partial charge in [0.05, 0.1) is 12.2 Å². The monoisotopic (exact) mass is 443 g/mol. The van der Waals surface area contributed by atoms with E-state index in [0.717, 1.165) is 23.4 Å². The molecule has 2 aromatic rings. The summed E-state index contributed by atoms with van der Waals surface area (Å²) in [6, 6.07) is 3.82. The topological polar surface area (TPSA) is 96.7 Å². The number of carbonyl (C=O) groups excluding carboxylic acids is 1. The van der Waals surface area contributed by atoms with Crippen molar-refractivity contribution in [2.24, 2.45) is 12.0 Å². The SMILES string of the molecule is CN=C(NCCCN(Cc1cccnc1)C(=O)OC(C)(C)C)NCc1c(C)nn(C)c1C. The third-order valence-corrected chi connectivity index (χ3v) is 4.96. The molecule has 2 aromatic heterocycles. The Hall–Kier alpha value is -3.10. The highest BCUT2D eigenvalue weighted by Crippen LogP contribution is 2.13. The Morgan fingerprint density at radius 2 is 2.03 bits per heavy atom. The molecule has 0 atom stereocenters. The number of carbonyl (C=O) groups is 1. The standard InChI is InChI=1S/C23H37N7O2/c1-17-20(18(2)29(7)28-17)15-27-21(24-6)26-12-9-13-30(22(31)32-23(3,4)5)16-19-10-8-11-25-14-19/h8,10-11,14H,9,12-13,15-16H2,1-7H3,(H2,24,26,27). The van der Waals surface area contributed by atoms with E-state index in [1.807, 2.05) is 51.6 Å². The number of hydrogen-bond donors (Lipinski definition) is 2. The van der Waals surface area contributed by atoms with Gasteiger partial charge in [0.25, 0.3) is 0 Å². The molecule has 9 nitrogen and oxygen atoms in total. The Morgan fingerprint density at radius 3 is 2.59 bits per heavy atom. The lowest BCUT2D eigenvalue weighted by atomic mass is 10.2. The Morgan fingerprint density at radius 1 is 1.28 bits per heavy atom. The molecule has 0 radical (unpaired) electrons. The number of pyridine rings is 1. The van der Waals surface area contributed by atoms with Gasteiger partial charge < -0.3 is 20.3 Å². The summed E-state index contributed by atoms with van der Waals surface area (Å²) in [4.78, 5) is 22.8. The zero-order valence-corrected chi connectivity index (χ0v) is 20.4. The van der Waals surface area contributed by atoms with Gasteiger partial charge in [0.15, 0.2) is 5.96 Å². The zero-order valence-electron chi connectivity index (χ0n) is 20.4. The molecule has 0 bridgehead atoms. The maximum absolute atomic E-state index is 12.7. The highest BCUT2D eigenvalue weighted by molar-refractivity contribution is 5.79. The Kier molecular flexibility index (Phi) is 9.04. The zero-order chi connectivity index (χ0) is 23.7. The second kappa shape index (κ2) is 11.5. The second-order valence-electron chi connectivity index (χ2n) is 8.74. The van der Waals surface area contributed by atoms with E-state index in [4.69, 9.17) is 4.74 Å². The minimum absolute atomic E-state index is 0.327. The van der Waals surface area contributed by atoms with Crippen LogP contribution in [0.5, 0.6) is 0 Å². The van der Waals surface area contributed by atoms with Crippen molar-refractivity contribution in [2.75, 3.05) is 20.1 Å². The fraction of sp³-hybridized carbons (Fsp3) is 0.565. The van der Waals surface area contributed by atoms with Gasteiger partial charge in [-0.05, 0) is 52.7 Å². The number of hydrogen-bond acceptors (Lipinski definition) is 5. The molecule has 0 aliphatic heterocycles. The number of aromatic nitrogens is 3. The van der Waals surface area contributed by atoms with Crippen molar-refractivity contribution in [1.29, 1.82) is 0 Å².